The third kappa shape index (κ3) is 3.48. The number of nitrogens with two attached hydrogens (primary N) is 1. The molecular weight excluding hydrogens is 257 g/mol. The Bertz CT molecular complexity index is 572. The van der Waals surface area contributed by atoms with Crippen LogP contribution in [0.4, 0.5) is 4.39 Å². The standard InChI is InChI=1S/C16H18FNO2/c1-2-19-12-5-3-6-13(11-12)20-16-8-4-7-15(17)14(16)9-10-18/h3-8,11H,2,9-10,18H2,1H3. The lowest BCUT2D eigenvalue weighted by Gasteiger charge is -2.12. The zero-order valence-corrected chi connectivity index (χ0v) is 11.4. The second kappa shape index (κ2) is 6.91. The van der Waals surface area contributed by atoms with Crippen LogP contribution in [-0.4, -0.2) is 13.2 Å². The Morgan fingerprint density at radius 3 is 2.60 bits per heavy atom. The predicted octanol–water partition coefficient (Wildman–Crippen LogP) is 3.52. The summed E-state index contributed by atoms with van der Waals surface area (Å²) in [6, 6.07) is 12.0. The summed E-state index contributed by atoms with van der Waals surface area (Å²) in [5, 5.41) is 0. The van der Waals surface area contributed by atoms with Crippen LogP contribution in [0.25, 0.3) is 0 Å². The van der Waals surface area contributed by atoms with Crippen molar-refractivity contribution in [3.05, 3.63) is 53.8 Å². The van der Waals surface area contributed by atoms with Gasteiger partial charge in [-0.1, -0.05) is 12.1 Å². The van der Waals surface area contributed by atoms with E-state index in [4.69, 9.17) is 15.2 Å². The highest BCUT2D eigenvalue weighted by atomic mass is 19.1. The van der Waals surface area contributed by atoms with E-state index in [9.17, 15) is 4.39 Å². The number of rotatable bonds is 6. The molecule has 0 saturated carbocycles. The molecule has 0 saturated heterocycles. The molecule has 0 aliphatic heterocycles. The summed E-state index contributed by atoms with van der Waals surface area (Å²) in [5.74, 6) is 1.53. The minimum atomic E-state index is -0.297. The third-order valence-electron chi connectivity index (χ3n) is 2.81. The van der Waals surface area contributed by atoms with Crippen LogP contribution < -0.4 is 15.2 Å². The van der Waals surface area contributed by atoms with Crippen molar-refractivity contribution >= 4 is 0 Å². The summed E-state index contributed by atoms with van der Waals surface area (Å²) >= 11 is 0. The molecule has 0 radical (unpaired) electrons. The summed E-state index contributed by atoms with van der Waals surface area (Å²) < 4.78 is 24.9. The fraction of sp³-hybridized carbons (Fsp3) is 0.250. The lowest BCUT2D eigenvalue weighted by atomic mass is 10.1. The van der Waals surface area contributed by atoms with Crippen molar-refractivity contribution in [3.63, 3.8) is 0 Å². The van der Waals surface area contributed by atoms with Gasteiger partial charge in [-0.05, 0) is 44.2 Å². The topological polar surface area (TPSA) is 44.5 Å². The Kier molecular flexibility index (Phi) is 4.96. The highest BCUT2D eigenvalue weighted by molar-refractivity contribution is 5.41. The maximum Gasteiger partial charge on any atom is 0.133 e. The van der Waals surface area contributed by atoms with Crippen molar-refractivity contribution in [2.75, 3.05) is 13.2 Å². The Balaban J connectivity index is 2.25. The van der Waals surface area contributed by atoms with Gasteiger partial charge in [0.2, 0.25) is 0 Å². The van der Waals surface area contributed by atoms with Gasteiger partial charge < -0.3 is 15.2 Å². The number of hydrogen-bond donors (Lipinski definition) is 1. The number of hydrogen-bond acceptors (Lipinski definition) is 3. The van der Waals surface area contributed by atoms with Gasteiger partial charge in [-0.3, -0.25) is 0 Å². The quantitative estimate of drug-likeness (QED) is 0.877. The van der Waals surface area contributed by atoms with Crippen molar-refractivity contribution in [1.29, 1.82) is 0 Å². The van der Waals surface area contributed by atoms with Crippen LogP contribution in [0, 0.1) is 5.82 Å². The lowest BCUT2D eigenvalue weighted by Crippen LogP contribution is -2.06. The van der Waals surface area contributed by atoms with Gasteiger partial charge >= 0.3 is 0 Å². The molecule has 0 atom stereocenters. The van der Waals surface area contributed by atoms with Crippen LogP contribution in [0.2, 0.25) is 0 Å². The van der Waals surface area contributed by atoms with E-state index < -0.39 is 0 Å². The molecule has 0 bridgehead atoms. The fourth-order valence-corrected chi connectivity index (χ4v) is 1.94. The lowest BCUT2D eigenvalue weighted by molar-refractivity contribution is 0.338. The molecule has 0 aromatic heterocycles. The minimum absolute atomic E-state index is 0.297. The second-order valence-electron chi connectivity index (χ2n) is 4.27. The van der Waals surface area contributed by atoms with E-state index in [1.165, 1.54) is 6.07 Å². The Hall–Kier alpha value is -2.07. The summed E-state index contributed by atoms with van der Waals surface area (Å²) in [4.78, 5) is 0. The van der Waals surface area contributed by atoms with Crippen molar-refractivity contribution in [2.24, 2.45) is 5.73 Å². The molecule has 2 aromatic carbocycles. The molecule has 0 aliphatic carbocycles. The van der Waals surface area contributed by atoms with Gasteiger partial charge in [0, 0.05) is 11.6 Å². The smallest absolute Gasteiger partial charge is 0.133 e. The highest BCUT2D eigenvalue weighted by Crippen LogP contribution is 2.29. The largest absolute Gasteiger partial charge is 0.494 e. The van der Waals surface area contributed by atoms with E-state index in [0.29, 0.717) is 36.6 Å². The maximum atomic E-state index is 13.8. The molecule has 3 nitrogen and oxygen atoms in total. The fourth-order valence-electron chi connectivity index (χ4n) is 1.94. The van der Waals surface area contributed by atoms with Crippen molar-refractivity contribution in [3.8, 4) is 17.2 Å². The molecule has 0 heterocycles. The van der Waals surface area contributed by atoms with Crippen LogP contribution in [0.3, 0.4) is 0 Å². The van der Waals surface area contributed by atoms with Crippen LogP contribution in [-0.2, 0) is 6.42 Å². The van der Waals surface area contributed by atoms with Gasteiger partial charge in [-0.25, -0.2) is 4.39 Å². The second-order valence-corrected chi connectivity index (χ2v) is 4.27. The zero-order chi connectivity index (χ0) is 14.4. The molecule has 0 spiro atoms. The van der Waals surface area contributed by atoms with Crippen molar-refractivity contribution in [1.82, 2.24) is 0 Å². The van der Waals surface area contributed by atoms with Crippen LogP contribution in [0.5, 0.6) is 17.2 Å². The minimum Gasteiger partial charge on any atom is -0.494 e. The zero-order valence-electron chi connectivity index (χ0n) is 11.4. The molecule has 106 valence electrons. The van der Waals surface area contributed by atoms with E-state index in [0.717, 1.165) is 5.75 Å². The number of halogens is 1. The average molecular weight is 275 g/mol. The molecule has 20 heavy (non-hydrogen) atoms. The van der Waals surface area contributed by atoms with E-state index >= 15 is 0 Å². The van der Waals surface area contributed by atoms with Crippen LogP contribution in [0.1, 0.15) is 12.5 Å². The average Bonchev–Trinajstić information content (AvgIpc) is 2.44. The van der Waals surface area contributed by atoms with Gasteiger partial charge in [-0.15, -0.1) is 0 Å². The first-order valence-corrected chi connectivity index (χ1v) is 6.62. The molecule has 0 unspecified atom stereocenters. The van der Waals surface area contributed by atoms with Gasteiger partial charge in [0.1, 0.15) is 23.1 Å². The van der Waals surface area contributed by atoms with Gasteiger partial charge in [-0.2, -0.15) is 0 Å². The first-order valence-electron chi connectivity index (χ1n) is 6.62. The highest BCUT2D eigenvalue weighted by Gasteiger charge is 2.10. The number of benzene rings is 2. The molecule has 2 aromatic rings. The number of ether oxygens (including phenoxy) is 2. The Morgan fingerprint density at radius 2 is 1.85 bits per heavy atom. The molecule has 4 heteroatoms. The Labute approximate surface area is 118 Å². The van der Waals surface area contributed by atoms with Crippen LogP contribution >= 0.6 is 0 Å². The molecule has 2 rings (SSSR count). The van der Waals surface area contributed by atoms with Crippen molar-refractivity contribution in [2.45, 2.75) is 13.3 Å². The summed E-state index contributed by atoms with van der Waals surface area (Å²) in [5.41, 5.74) is 6.01. The SMILES string of the molecule is CCOc1cccc(Oc2cccc(F)c2CCN)c1. The first-order chi connectivity index (χ1) is 9.74. The molecular formula is C16H18FNO2. The van der Waals surface area contributed by atoms with E-state index in [1.54, 1.807) is 24.3 Å². The normalized spacial score (nSPS) is 10.3. The molecule has 0 aliphatic rings. The van der Waals surface area contributed by atoms with E-state index in [1.807, 2.05) is 19.1 Å². The summed E-state index contributed by atoms with van der Waals surface area (Å²) in [6.45, 7) is 2.87. The van der Waals surface area contributed by atoms with Crippen LogP contribution in [0.15, 0.2) is 42.5 Å². The van der Waals surface area contributed by atoms with Gasteiger partial charge in [0.15, 0.2) is 0 Å². The molecule has 0 fully saturated rings. The predicted molar refractivity (Wildman–Crippen MR) is 76.8 cm³/mol. The van der Waals surface area contributed by atoms with E-state index in [-0.39, 0.29) is 5.82 Å². The molecule has 2 N–H and O–H groups in total. The van der Waals surface area contributed by atoms with Crippen molar-refractivity contribution < 1.29 is 13.9 Å². The summed E-state index contributed by atoms with van der Waals surface area (Å²) in [7, 11) is 0. The monoisotopic (exact) mass is 275 g/mol. The molecule has 0 amide bonds. The van der Waals surface area contributed by atoms with Gasteiger partial charge in [0.25, 0.3) is 0 Å². The Morgan fingerprint density at radius 1 is 1.10 bits per heavy atom. The first kappa shape index (κ1) is 14.3. The van der Waals surface area contributed by atoms with Gasteiger partial charge in [0.05, 0.1) is 6.61 Å². The summed E-state index contributed by atoms with van der Waals surface area (Å²) in [6.07, 6.45) is 0.438. The van der Waals surface area contributed by atoms with E-state index in [2.05, 4.69) is 0 Å². The maximum absolute atomic E-state index is 13.8. The third-order valence-corrected chi connectivity index (χ3v) is 2.81.